The van der Waals surface area contributed by atoms with E-state index < -0.39 is 34.2 Å². The molecule has 1 atom stereocenters. The Kier molecular flexibility index (Phi) is 8.41. The number of amides is 2. The van der Waals surface area contributed by atoms with Gasteiger partial charge in [-0.3, -0.25) is 13.9 Å². The Balaban J connectivity index is 1.57. The third-order valence-electron chi connectivity index (χ3n) is 6.10. The number of sulfonamides is 1. The highest BCUT2D eigenvalue weighted by molar-refractivity contribution is 7.92. The molecule has 39 heavy (non-hydrogen) atoms. The number of carbonyl (C=O) groups is 2. The van der Waals surface area contributed by atoms with E-state index in [1.807, 2.05) is 44.2 Å². The third-order valence-corrected chi connectivity index (χ3v) is 7.89. The van der Waals surface area contributed by atoms with Crippen LogP contribution in [0, 0.1) is 12.7 Å². The summed E-state index contributed by atoms with van der Waals surface area (Å²) in [6, 6.07) is 26.7. The first-order valence-corrected chi connectivity index (χ1v) is 13.7. The molecular formula is C30H28FN3O4S. The van der Waals surface area contributed by atoms with Crippen molar-refractivity contribution in [3.05, 3.63) is 126 Å². The Hall–Kier alpha value is -4.50. The second-order valence-electron chi connectivity index (χ2n) is 9.00. The van der Waals surface area contributed by atoms with Gasteiger partial charge in [0, 0.05) is 0 Å². The van der Waals surface area contributed by atoms with Crippen molar-refractivity contribution in [2.24, 2.45) is 0 Å². The minimum Gasteiger partial charge on any atom is -0.345 e. The maximum Gasteiger partial charge on any atom is 0.264 e. The first-order chi connectivity index (χ1) is 18.6. The quantitative estimate of drug-likeness (QED) is 0.292. The van der Waals surface area contributed by atoms with Crippen molar-refractivity contribution in [3.8, 4) is 0 Å². The van der Waals surface area contributed by atoms with Gasteiger partial charge in [0.25, 0.3) is 15.9 Å². The Labute approximate surface area is 227 Å². The van der Waals surface area contributed by atoms with Crippen LogP contribution in [0.1, 0.15) is 34.5 Å². The average molecular weight is 546 g/mol. The molecule has 0 heterocycles. The van der Waals surface area contributed by atoms with Crippen molar-refractivity contribution in [1.29, 1.82) is 0 Å². The van der Waals surface area contributed by atoms with Gasteiger partial charge in [-0.05, 0) is 67.9 Å². The van der Waals surface area contributed by atoms with Crippen molar-refractivity contribution in [1.82, 2.24) is 5.32 Å². The van der Waals surface area contributed by atoms with Gasteiger partial charge in [-0.2, -0.15) is 0 Å². The molecule has 7 nitrogen and oxygen atoms in total. The minimum atomic E-state index is -4.17. The SMILES string of the molecule is Cc1ccc(S(=O)(=O)N(CC(=O)Nc2ccccc2C(=O)N[C@@H](C)c2ccccc2)c2ccc(F)cc2)cc1. The fourth-order valence-electron chi connectivity index (χ4n) is 3.97. The molecule has 0 saturated heterocycles. The number of para-hydroxylation sites is 1. The van der Waals surface area contributed by atoms with Crippen molar-refractivity contribution < 1.29 is 22.4 Å². The molecule has 0 radical (unpaired) electrons. The molecule has 4 rings (SSSR count). The highest BCUT2D eigenvalue weighted by Crippen LogP contribution is 2.25. The van der Waals surface area contributed by atoms with E-state index in [1.54, 1.807) is 36.4 Å². The molecule has 0 spiro atoms. The highest BCUT2D eigenvalue weighted by Gasteiger charge is 2.28. The van der Waals surface area contributed by atoms with Crippen LogP contribution < -0.4 is 14.9 Å². The summed E-state index contributed by atoms with van der Waals surface area (Å²) in [6.45, 7) is 3.08. The van der Waals surface area contributed by atoms with E-state index >= 15 is 0 Å². The van der Waals surface area contributed by atoms with Gasteiger partial charge in [0.2, 0.25) is 5.91 Å². The monoisotopic (exact) mass is 545 g/mol. The lowest BCUT2D eigenvalue weighted by Gasteiger charge is -2.24. The van der Waals surface area contributed by atoms with Crippen molar-refractivity contribution in [2.75, 3.05) is 16.2 Å². The highest BCUT2D eigenvalue weighted by atomic mass is 32.2. The van der Waals surface area contributed by atoms with Gasteiger partial charge < -0.3 is 10.6 Å². The number of rotatable bonds is 9. The molecule has 0 aromatic heterocycles. The standard InChI is InChI=1S/C30H28FN3O4S/c1-21-12-18-26(19-13-21)39(37,38)34(25-16-14-24(31)15-17-25)20-29(35)33-28-11-7-6-10-27(28)30(36)32-22(2)23-8-4-3-5-9-23/h3-19,22H,20H2,1-2H3,(H,32,36)(H,33,35)/t22-/m0/s1. The van der Waals surface area contributed by atoms with E-state index in [4.69, 9.17) is 0 Å². The zero-order valence-electron chi connectivity index (χ0n) is 21.5. The lowest BCUT2D eigenvalue weighted by Crippen LogP contribution is -2.38. The zero-order valence-corrected chi connectivity index (χ0v) is 22.3. The van der Waals surface area contributed by atoms with E-state index in [2.05, 4.69) is 10.6 Å². The molecule has 0 fully saturated rings. The fraction of sp³-hybridized carbons (Fsp3) is 0.133. The largest absolute Gasteiger partial charge is 0.345 e. The zero-order chi connectivity index (χ0) is 28.0. The second-order valence-corrected chi connectivity index (χ2v) is 10.9. The van der Waals surface area contributed by atoms with E-state index in [1.165, 1.54) is 24.3 Å². The third kappa shape index (κ3) is 6.69. The number of benzene rings is 4. The number of carbonyl (C=O) groups excluding carboxylic acids is 2. The summed E-state index contributed by atoms with van der Waals surface area (Å²) in [6.07, 6.45) is 0. The maximum absolute atomic E-state index is 13.6. The lowest BCUT2D eigenvalue weighted by atomic mass is 10.1. The van der Waals surface area contributed by atoms with Crippen molar-refractivity contribution >= 4 is 33.2 Å². The van der Waals surface area contributed by atoms with Gasteiger partial charge in [0.15, 0.2) is 0 Å². The number of nitrogens with one attached hydrogen (secondary N) is 2. The molecule has 0 aliphatic heterocycles. The molecule has 9 heteroatoms. The molecule has 2 amide bonds. The molecule has 0 aliphatic carbocycles. The lowest BCUT2D eigenvalue weighted by molar-refractivity contribution is -0.114. The van der Waals surface area contributed by atoms with Crippen molar-refractivity contribution in [3.63, 3.8) is 0 Å². The summed E-state index contributed by atoms with van der Waals surface area (Å²) >= 11 is 0. The van der Waals surface area contributed by atoms with Crippen LogP contribution in [0.3, 0.4) is 0 Å². The Morgan fingerprint density at radius 2 is 1.46 bits per heavy atom. The topological polar surface area (TPSA) is 95.6 Å². The molecular weight excluding hydrogens is 517 g/mol. The molecule has 2 N–H and O–H groups in total. The fourth-order valence-corrected chi connectivity index (χ4v) is 5.39. The predicted octanol–water partition coefficient (Wildman–Crippen LogP) is 5.46. The predicted molar refractivity (Wildman–Crippen MR) is 150 cm³/mol. The molecule has 0 saturated carbocycles. The molecule has 200 valence electrons. The van der Waals surface area contributed by atoms with Gasteiger partial charge in [-0.15, -0.1) is 0 Å². The van der Waals surface area contributed by atoms with Gasteiger partial charge >= 0.3 is 0 Å². The number of aryl methyl sites for hydroxylation is 1. The van der Waals surface area contributed by atoms with Crippen LogP contribution in [0.15, 0.2) is 108 Å². The Morgan fingerprint density at radius 1 is 0.846 bits per heavy atom. The molecule has 4 aromatic rings. The van der Waals surface area contributed by atoms with Gasteiger partial charge in [-0.1, -0.05) is 60.2 Å². The average Bonchev–Trinajstić information content (AvgIpc) is 2.93. The van der Waals surface area contributed by atoms with E-state index in [0.29, 0.717) is 0 Å². The minimum absolute atomic E-state index is 0.0140. The second kappa shape index (κ2) is 11.9. The molecule has 4 aromatic carbocycles. The van der Waals surface area contributed by atoms with E-state index in [9.17, 15) is 22.4 Å². The molecule has 0 unspecified atom stereocenters. The van der Waals surface area contributed by atoms with Gasteiger partial charge in [0.1, 0.15) is 12.4 Å². The van der Waals surface area contributed by atoms with Crippen LogP contribution in [-0.4, -0.2) is 26.8 Å². The first kappa shape index (κ1) is 27.5. The van der Waals surface area contributed by atoms with Crippen LogP contribution in [0.5, 0.6) is 0 Å². The van der Waals surface area contributed by atoms with Crippen LogP contribution in [0.2, 0.25) is 0 Å². The number of halogens is 1. The normalized spacial score (nSPS) is 11.9. The summed E-state index contributed by atoms with van der Waals surface area (Å²) in [7, 11) is -4.17. The number of hydrogen-bond acceptors (Lipinski definition) is 4. The number of nitrogens with zero attached hydrogens (tertiary/aromatic N) is 1. The number of anilines is 2. The Morgan fingerprint density at radius 3 is 2.13 bits per heavy atom. The van der Waals surface area contributed by atoms with Gasteiger partial charge in [0.05, 0.1) is 27.9 Å². The summed E-state index contributed by atoms with van der Waals surface area (Å²) < 4.78 is 41.6. The summed E-state index contributed by atoms with van der Waals surface area (Å²) in [5, 5.41) is 5.59. The number of hydrogen-bond donors (Lipinski definition) is 2. The van der Waals surface area contributed by atoms with E-state index in [0.717, 1.165) is 27.6 Å². The maximum atomic E-state index is 13.6. The van der Waals surface area contributed by atoms with Crippen LogP contribution >= 0.6 is 0 Å². The Bertz CT molecular complexity index is 1560. The van der Waals surface area contributed by atoms with E-state index in [-0.39, 0.29) is 27.9 Å². The summed E-state index contributed by atoms with van der Waals surface area (Å²) in [5.74, 6) is -1.61. The molecule has 0 bridgehead atoms. The smallest absolute Gasteiger partial charge is 0.264 e. The van der Waals surface area contributed by atoms with Crippen LogP contribution in [0.4, 0.5) is 15.8 Å². The van der Waals surface area contributed by atoms with Crippen LogP contribution in [0.25, 0.3) is 0 Å². The summed E-state index contributed by atoms with van der Waals surface area (Å²) in [5.41, 5.74) is 2.37. The van der Waals surface area contributed by atoms with Gasteiger partial charge in [-0.25, -0.2) is 12.8 Å². The van der Waals surface area contributed by atoms with Crippen LogP contribution in [-0.2, 0) is 14.8 Å². The summed E-state index contributed by atoms with van der Waals surface area (Å²) in [4.78, 5) is 26.3. The first-order valence-electron chi connectivity index (χ1n) is 12.2. The van der Waals surface area contributed by atoms with Crippen molar-refractivity contribution in [2.45, 2.75) is 24.8 Å². The molecule has 0 aliphatic rings.